The van der Waals surface area contributed by atoms with Crippen LogP contribution < -0.4 is 0 Å². The SMILES string of the molecule is Cc1cscc1CC(O)C(=O)O. The molecule has 1 unspecified atom stereocenters. The number of hydrogen-bond donors (Lipinski definition) is 2. The van der Waals surface area contributed by atoms with Crippen LogP contribution in [0.15, 0.2) is 10.8 Å². The average molecular weight is 186 g/mol. The second-order valence-corrected chi connectivity index (χ2v) is 3.38. The average Bonchev–Trinajstić information content (AvgIpc) is 2.36. The monoisotopic (exact) mass is 186 g/mol. The van der Waals surface area contributed by atoms with E-state index in [2.05, 4.69) is 0 Å². The van der Waals surface area contributed by atoms with Crippen LogP contribution in [0.5, 0.6) is 0 Å². The second-order valence-electron chi connectivity index (χ2n) is 2.64. The third-order valence-electron chi connectivity index (χ3n) is 1.66. The molecule has 66 valence electrons. The lowest BCUT2D eigenvalue weighted by Gasteiger charge is -2.03. The van der Waals surface area contributed by atoms with Crippen LogP contribution in [0.4, 0.5) is 0 Å². The number of rotatable bonds is 3. The van der Waals surface area contributed by atoms with Gasteiger partial charge < -0.3 is 10.2 Å². The molecule has 0 fully saturated rings. The highest BCUT2D eigenvalue weighted by Crippen LogP contribution is 2.15. The van der Waals surface area contributed by atoms with Gasteiger partial charge in [-0.1, -0.05) is 0 Å². The van der Waals surface area contributed by atoms with Crippen molar-refractivity contribution in [3.05, 3.63) is 21.9 Å². The molecule has 1 aromatic rings. The molecule has 1 rings (SSSR count). The lowest BCUT2D eigenvalue weighted by atomic mass is 10.1. The Kier molecular flexibility index (Phi) is 2.83. The number of aliphatic hydroxyl groups is 1. The van der Waals surface area contributed by atoms with Gasteiger partial charge in [0.25, 0.3) is 0 Å². The van der Waals surface area contributed by atoms with E-state index in [1.807, 2.05) is 17.7 Å². The van der Waals surface area contributed by atoms with Gasteiger partial charge >= 0.3 is 5.97 Å². The van der Waals surface area contributed by atoms with Crippen molar-refractivity contribution in [3.63, 3.8) is 0 Å². The summed E-state index contributed by atoms with van der Waals surface area (Å²) in [6.07, 6.45) is -1.08. The third-order valence-corrected chi connectivity index (χ3v) is 2.57. The minimum atomic E-state index is -1.28. The Balaban J connectivity index is 2.64. The van der Waals surface area contributed by atoms with Crippen molar-refractivity contribution in [2.45, 2.75) is 19.4 Å². The fraction of sp³-hybridized carbons (Fsp3) is 0.375. The molecule has 0 aliphatic carbocycles. The zero-order valence-corrected chi connectivity index (χ0v) is 7.47. The first-order valence-corrected chi connectivity index (χ1v) is 4.48. The molecule has 0 aliphatic heterocycles. The van der Waals surface area contributed by atoms with E-state index in [0.29, 0.717) is 0 Å². The number of aliphatic hydroxyl groups excluding tert-OH is 1. The van der Waals surface area contributed by atoms with E-state index < -0.39 is 12.1 Å². The molecule has 0 aliphatic rings. The smallest absolute Gasteiger partial charge is 0.332 e. The van der Waals surface area contributed by atoms with Gasteiger partial charge in [0.2, 0.25) is 0 Å². The van der Waals surface area contributed by atoms with Crippen LogP contribution >= 0.6 is 11.3 Å². The van der Waals surface area contributed by atoms with Gasteiger partial charge in [-0.2, -0.15) is 11.3 Å². The molecule has 4 heteroatoms. The minimum absolute atomic E-state index is 0.199. The van der Waals surface area contributed by atoms with Gasteiger partial charge in [0.1, 0.15) is 0 Å². The van der Waals surface area contributed by atoms with Crippen molar-refractivity contribution < 1.29 is 15.0 Å². The molecular weight excluding hydrogens is 176 g/mol. The predicted octanol–water partition coefficient (Wildman–Crippen LogP) is 1.04. The van der Waals surface area contributed by atoms with Gasteiger partial charge in [-0.15, -0.1) is 0 Å². The first-order valence-electron chi connectivity index (χ1n) is 3.54. The van der Waals surface area contributed by atoms with Crippen LogP contribution in [0.1, 0.15) is 11.1 Å². The van der Waals surface area contributed by atoms with Crippen molar-refractivity contribution in [3.8, 4) is 0 Å². The molecule has 0 aromatic carbocycles. The summed E-state index contributed by atoms with van der Waals surface area (Å²) in [6, 6.07) is 0. The Labute approximate surface area is 74.3 Å². The molecule has 3 nitrogen and oxygen atoms in total. The Morgan fingerprint density at radius 1 is 1.67 bits per heavy atom. The summed E-state index contributed by atoms with van der Waals surface area (Å²) in [6.45, 7) is 1.90. The zero-order chi connectivity index (χ0) is 9.14. The summed E-state index contributed by atoms with van der Waals surface area (Å²) < 4.78 is 0. The Hall–Kier alpha value is -0.870. The fourth-order valence-electron chi connectivity index (χ4n) is 0.892. The van der Waals surface area contributed by atoms with Crippen LogP contribution in [-0.2, 0) is 11.2 Å². The summed E-state index contributed by atoms with van der Waals surface area (Å²) in [5.41, 5.74) is 1.95. The quantitative estimate of drug-likeness (QED) is 0.741. The second kappa shape index (κ2) is 3.69. The van der Waals surface area contributed by atoms with E-state index in [-0.39, 0.29) is 6.42 Å². The maximum Gasteiger partial charge on any atom is 0.332 e. The molecule has 0 spiro atoms. The molecule has 0 bridgehead atoms. The summed E-state index contributed by atoms with van der Waals surface area (Å²) in [5.74, 6) is -1.17. The third kappa shape index (κ3) is 2.06. The molecule has 1 aromatic heterocycles. The van der Waals surface area contributed by atoms with E-state index in [0.717, 1.165) is 11.1 Å². The highest BCUT2D eigenvalue weighted by atomic mass is 32.1. The molecular formula is C8H10O3S. The largest absolute Gasteiger partial charge is 0.479 e. The standard InChI is InChI=1S/C8H10O3S/c1-5-3-12-4-6(5)2-7(9)8(10)11/h3-4,7,9H,2H2,1H3,(H,10,11). The van der Waals surface area contributed by atoms with Gasteiger partial charge in [-0.25, -0.2) is 4.79 Å². The van der Waals surface area contributed by atoms with Crippen LogP contribution in [0.2, 0.25) is 0 Å². The number of aliphatic carboxylic acids is 1. The van der Waals surface area contributed by atoms with E-state index in [1.54, 1.807) is 0 Å². The lowest BCUT2D eigenvalue weighted by Crippen LogP contribution is -2.21. The summed E-state index contributed by atoms with van der Waals surface area (Å²) in [7, 11) is 0. The number of carboxylic acids is 1. The predicted molar refractivity (Wildman–Crippen MR) is 46.4 cm³/mol. The van der Waals surface area contributed by atoms with Gasteiger partial charge in [0, 0.05) is 6.42 Å². The molecule has 2 N–H and O–H groups in total. The van der Waals surface area contributed by atoms with E-state index in [1.165, 1.54) is 11.3 Å². The summed E-state index contributed by atoms with van der Waals surface area (Å²) >= 11 is 1.52. The lowest BCUT2D eigenvalue weighted by molar-refractivity contribution is -0.146. The Morgan fingerprint density at radius 3 is 2.75 bits per heavy atom. The molecule has 0 amide bonds. The highest BCUT2D eigenvalue weighted by molar-refractivity contribution is 7.08. The molecule has 1 heterocycles. The Bertz CT molecular complexity index is 280. The van der Waals surface area contributed by atoms with Crippen molar-refractivity contribution >= 4 is 17.3 Å². The van der Waals surface area contributed by atoms with Gasteiger partial charge in [-0.3, -0.25) is 0 Å². The first-order chi connectivity index (χ1) is 5.61. The van der Waals surface area contributed by atoms with Gasteiger partial charge in [-0.05, 0) is 28.8 Å². The summed E-state index contributed by atoms with van der Waals surface area (Å²) in [5, 5.41) is 21.2. The van der Waals surface area contributed by atoms with Gasteiger partial charge in [0.05, 0.1) is 0 Å². The number of thiophene rings is 1. The van der Waals surface area contributed by atoms with E-state index >= 15 is 0 Å². The fourth-order valence-corrected chi connectivity index (χ4v) is 1.76. The maximum atomic E-state index is 10.3. The van der Waals surface area contributed by atoms with Crippen molar-refractivity contribution in [2.75, 3.05) is 0 Å². The minimum Gasteiger partial charge on any atom is -0.479 e. The maximum absolute atomic E-state index is 10.3. The topological polar surface area (TPSA) is 57.5 Å². The number of carboxylic acid groups (broad SMARTS) is 1. The van der Waals surface area contributed by atoms with Crippen LogP contribution in [-0.4, -0.2) is 22.3 Å². The van der Waals surface area contributed by atoms with Crippen molar-refractivity contribution in [1.82, 2.24) is 0 Å². The van der Waals surface area contributed by atoms with E-state index in [9.17, 15) is 4.79 Å². The first kappa shape index (κ1) is 9.22. The number of aryl methyl sites for hydroxylation is 1. The molecule has 0 saturated carbocycles. The number of carbonyl (C=O) groups is 1. The summed E-state index contributed by atoms with van der Waals surface area (Å²) in [4.78, 5) is 10.3. The van der Waals surface area contributed by atoms with Crippen LogP contribution in [0.25, 0.3) is 0 Å². The van der Waals surface area contributed by atoms with Crippen LogP contribution in [0.3, 0.4) is 0 Å². The van der Waals surface area contributed by atoms with Crippen molar-refractivity contribution in [1.29, 1.82) is 0 Å². The zero-order valence-electron chi connectivity index (χ0n) is 6.65. The van der Waals surface area contributed by atoms with Crippen LogP contribution in [0, 0.1) is 6.92 Å². The highest BCUT2D eigenvalue weighted by Gasteiger charge is 2.14. The van der Waals surface area contributed by atoms with E-state index in [4.69, 9.17) is 10.2 Å². The van der Waals surface area contributed by atoms with Gasteiger partial charge in [0.15, 0.2) is 6.10 Å². The molecule has 0 radical (unpaired) electrons. The molecule has 1 atom stereocenters. The Morgan fingerprint density at radius 2 is 2.33 bits per heavy atom. The molecule has 0 saturated heterocycles. The number of hydrogen-bond acceptors (Lipinski definition) is 3. The normalized spacial score (nSPS) is 12.8. The van der Waals surface area contributed by atoms with Crippen molar-refractivity contribution in [2.24, 2.45) is 0 Å². The molecule has 12 heavy (non-hydrogen) atoms.